The van der Waals surface area contributed by atoms with Crippen molar-refractivity contribution in [2.24, 2.45) is 5.92 Å². The number of aryl methyl sites for hydroxylation is 3. The van der Waals surface area contributed by atoms with Crippen LogP contribution in [0.4, 0.5) is 0 Å². The topological polar surface area (TPSA) is 90.0 Å². The van der Waals surface area contributed by atoms with Crippen LogP contribution in [-0.4, -0.2) is 35.0 Å². The summed E-state index contributed by atoms with van der Waals surface area (Å²) in [6, 6.07) is 7.82. The summed E-state index contributed by atoms with van der Waals surface area (Å²) >= 11 is 0. The van der Waals surface area contributed by atoms with Gasteiger partial charge in [-0.25, -0.2) is 19.6 Å². The second-order valence-corrected chi connectivity index (χ2v) is 8.33. The van der Waals surface area contributed by atoms with Crippen LogP contribution >= 0.6 is 0 Å². The van der Waals surface area contributed by atoms with Crippen LogP contribution < -0.4 is 5.32 Å². The fraction of sp³-hybridized carbons (Fsp3) is 0.375. The van der Waals surface area contributed by atoms with Gasteiger partial charge in [0.15, 0.2) is 5.82 Å². The van der Waals surface area contributed by atoms with E-state index < -0.39 is 6.85 Å². The molecule has 1 aliphatic heterocycles. The minimum absolute atomic E-state index is 0.0544. The summed E-state index contributed by atoms with van der Waals surface area (Å²) in [6.45, 7) is 3.02. The van der Waals surface area contributed by atoms with Crippen molar-refractivity contribution in [3.05, 3.63) is 65.0 Å². The maximum Gasteiger partial charge on any atom is 0.270 e. The average molecular weight is 433 g/mol. The van der Waals surface area contributed by atoms with Crippen LogP contribution in [0, 0.1) is 12.8 Å². The molecule has 1 N–H and O–H groups in total. The van der Waals surface area contributed by atoms with Gasteiger partial charge in [0.1, 0.15) is 11.5 Å². The number of rotatable bonds is 5. The molecular formula is C24H27N7O. The molecule has 1 amide bonds. The molecule has 0 fully saturated rings. The fourth-order valence-electron chi connectivity index (χ4n) is 4.09. The molecule has 8 heteroatoms. The number of aromatic nitrogens is 6. The molecule has 5 rings (SSSR count). The third-order valence-electron chi connectivity index (χ3n) is 5.88. The molecule has 0 aliphatic carbocycles. The van der Waals surface area contributed by atoms with Crippen LogP contribution in [0.2, 0.25) is 0 Å². The number of carbonyl (C=O) groups is 1. The lowest BCUT2D eigenvalue weighted by Crippen LogP contribution is -2.25. The smallest absolute Gasteiger partial charge is 0.270 e. The molecule has 8 nitrogen and oxygen atoms in total. The van der Waals surface area contributed by atoms with Gasteiger partial charge in [0.05, 0.1) is 5.69 Å². The van der Waals surface area contributed by atoms with Gasteiger partial charge in [0.25, 0.3) is 5.91 Å². The molecule has 0 spiro atoms. The zero-order valence-corrected chi connectivity index (χ0v) is 18.2. The van der Waals surface area contributed by atoms with Crippen LogP contribution in [0.5, 0.6) is 0 Å². The molecule has 32 heavy (non-hydrogen) atoms. The van der Waals surface area contributed by atoms with Crippen molar-refractivity contribution in [3.63, 3.8) is 0 Å². The Morgan fingerprint density at radius 3 is 2.91 bits per heavy atom. The van der Waals surface area contributed by atoms with E-state index in [1.165, 1.54) is 16.8 Å². The van der Waals surface area contributed by atoms with Crippen LogP contribution in [0.3, 0.4) is 0 Å². The first-order chi connectivity index (χ1) is 16.7. The lowest BCUT2D eigenvalue weighted by molar-refractivity contribution is 0.0944. The summed E-state index contributed by atoms with van der Waals surface area (Å²) in [6.07, 6.45) is 5.29. The highest BCUT2D eigenvalue weighted by atomic mass is 16.1. The first-order valence-electron chi connectivity index (χ1n) is 12.4. The second-order valence-electron chi connectivity index (χ2n) is 8.33. The van der Waals surface area contributed by atoms with Crippen molar-refractivity contribution >= 4 is 11.7 Å². The SMILES string of the molecule is [2H]C([2H])([2H])c1cnc2nc(CC)c(C(=O)NCc3ccc(-c4nc5n(n4)CC[C@@H](C)C5)cc3)n2c1. The van der Waals surface area contributed by atoms with Gasteiger partial charge >= 0.3 is 0 Å². The van der Waals surface area contributed by atoms with E-state index >= 15 is 0 Å². The lowest BCUT2D eigenvalue weighted by atomic mass is 10.0. The molecule has 1 atom stereocenters. The Bertz CT molecular complexity index is 1390. The Hall–Kier alpha value is -3.55. The predicted molar refractivity (Wildman–Crippen MR) is 121 cm³/mol. The number of hydrogen-bond acceptors (Lipinski definition) is 5. The van der Waals surface area contributed by atoms with E-state index in [0.717, 1.165) is 42.2 Å². The maximum atomic E-state index is 13.1. The summed E-state index contributed by atoms with van der Waals surface area (Å²) in [5.74, 6) is 2.35. The van der Waals surface area contributed by atoms with Crippen molar-refractivity contribution in [3.8, 4) is 11.4 Å². The minimum atomic E-state index is -2.32. The van der Waals surface area contributed by atoms with E-state index in [9.17, 15) is 4.79 Å². The highest BCUT2D eigenvalue weighted by Gasteiger charge is 2.20. The number of imidazole rings is 1. The van der Waals surface area contributed by atoms with Crippen molar-refractivity contribution in [1.29, 1.82) is 0 Å². The monoisotopic (exact) mass is 432 g/mol. The van der Waals surface area contributed by atoms with Crippen LogP contribution in [-0.2, 0) is 25.9 Å². The van der Waals surface area contributed by atoms with Crippen molar-refractivity contribution in [2.45, 2.75) is 53.1 Å². The maximum absolute atomic E-state index is 13.1. The summed E-state index contributed by atoms with van der Waals surface area (Å²) < 4.78 is 26.4. The molecule has 0 unspecified atom stereocenters. The third kappa shape index (κ3) is 3.77. The zero-order chi connectivity index (χ0) is 24.7. The number of amides is 1. The number of fused-ring (bicyclic) bond motifs is 2. The van der Waals surface area contributed by atoms with E-state index in [4.69, 9.17) is 9.10 Å². The van der Waals surface area contributed by atoms with E-state index in [0.29, 0.717) is 36.0 Å². The number of nitrogens with zero attached hydrogens (tertiary/aromatic N) is 6. The Morgan fingerprint density at radius 2 is 2.12 bits per heavy atom. The summed E-state index contributed by atoms with van der Waals surface area (Å²) in [7, 11) is 0. The Kier molecular flexibility index (Phi) is 4.36. The quantitative estimate of drug-likeness (QED) is 0.522. The average Bonchev–Trinajstić information content (AvgIpc) is 3.42. The highest BCUT2D eigenvalue weighted by molar-refractivity contribution is 5.94. The van der Waals surface area contributed by atoms with Crippen LogP contribution in [0.25, 0.3) is 17.2 Å². The molecule has 1 aliphatic rings. The highest BCUT2D eigenvalue weighted by Crippen LogP contribution is 2.23. The molecule has 164 valence electrons. The van der Waals surface area contributed by atoms with Gasteiger partial charge in [-0.05, 0) is 36.7 Å². The van der Waals surface area contributed by atoms with E-state index in [1.54, 1.807) is 0 Å². The predicted octanol–water partition coefficient (Wildman–Crippen LogP) is 3.37. The summed E-state index contributed by atoms with van der Waals surface area (Å²) in [5, 5.41) is 7.57. The second kappa shape index (κ2) is 8.18. The third-order valence-corrected chi connectivity index (χ3v) is 5.88. The normalized spacial score (nSPS) is 17.4. The summed E-state index contributed by atoms with van der Waals surface area (Å²) in [4.78, 5) is 26.3. The van der Waals surface area contributed by atoms with Gasteiger partial charge < -0.3 is 5.32 Å². The molecule has 0 bridgehead atoms. The molecule has 1 aromatic carbocycles. The van der Waals surface area contributed by atoms with Crippen LogP contribution in [0.1, 0.15) is 57.5 Å². The standard InChI is InChI=1S/C24H27N7O/c1-4-19-21(30-14-16(3)12-26-24(30)27-19)23(32)25-13-17-5-7-18(8-6-17)22-28-20-11-15(2)9-10-31(20)29-22/h5-8,12,14-15H,4,9-11,13H2,1-3H3,(H,25,32)/t15-/m1/s1/i3D3. The zero-order valence-electron chi connectivity index (χ0n) is 21.2. The van der Waals surface area contributed by atoms with Crippen molar-refractivity contribution in [1.82, 2.24) is 34.4 Å². The van der Waals surface area contributed by atoms with Gasteiger partial charge in [-0.15, -0.1) is 0 Å². The minimum Gasteiger partial charge on any atom is -0.347 e. The number of carbonyl (C=O) groups excluding carboxylic acids is 1. The lowest BCUT2D eigenvalue weighted by Gasteiger charge is -2.17. The van der Waals surface area contributed by atoms with Crippen LogP contribution in [0.15, 0.2) is 36.7 Å². The molecule has 4 aromatic rings. The van der Waals surface area contributed by atoms with Crippen molar-refractivity contribution < 1.29 is 8.91 Å². The Balaban J connectivity index is 1.32. The molecule has 0 saturated heterocycles. The van der Waals surface area contributed by atoms with Gasteiger partial charge in [-0.2, -0.15) is 5.10 Å². The van der Waals surface area contributed by atoms with E-state index in [1.807, 2.05) is 35.9 Å². The van der Waals surface area contributed by atoms with Gasteiger partial charge in [-0.1, -0.05) is 38.1 Å². The molecular weight excluding hydrogens is 402 g/mol. The largest absolute Gasteiger partial charge is 0.347 e. The molecule has 3 aromatic heterocycles. The fourth-order valence-corrected chi connectivity index (χ4v) is 4.09. The number of nitrogens with one attached hydrogen (secondary N) is 1. The Morgan fingerprint density at radius 1 is 1.28 bits per heavy atom. The van der Waals surface area contributed by atoms with E-state index in [-0.39, 0.29) is 11.5 Å². The molecule has 0 saturated carbocycles. The van der Waals surface area contributed by atoms with Gasteiger partial charge in [0, 0.05) is 41.6 Å². The van der Waals surface area contributed by atoms with Gasteiger partial charge in [0.2, 0.25) is 5.78 Å². The first kappa shape index (κ1) is 17.1. The molecule has 0 radical (unpaired) electrons. The Labute approximate surface area is 190 Å². The number of hydrogen-bond donors (Lipinski definition) is 1. The number of benzene rings is 1. The van der Waals surface area contributed by atoms with E-state index in [2.05, 4.69) is 27.3 Å². The molecule has 4 heterocycles. The summed E-state index contributed by atoms with van der Waals surface area (Å²) in [5.41, 5.74) is 2.79. The van der Waals surface area contributed by atoms with Crippen molar-refractivity contribution in [2.75, 3.05) is 0 Å². The van der Waals surface area contributed by atoms with Gasteiger partial charge in [-0.3, -0.25) is 9.20 Å². The first-order valence-corrected chi connectivity index (χ1v) is 10.9.